The number of quaternary nitrogens is 1. The normalized spacial score (nSPS) is 12.1. The average Bonchev–Trinajstić information content (AvgIpc) is 2.37. The number of carbonyl (C=O) groups excluding carboxylic acids is 1. The number of amides is 1. The van der Waals surface area contributed by atoms with Gasteiger partial charge in [-0.25, -0.2) is 8.42 Å². The van der Waals surface area contributed by atoms with Crippen LogP contribution in [0, 0.1) is 0 Å². The van der Waals surface area contributed by atoms with Gasteiger partial charge in [-0.3, -0.25) is 4.79 Å². The summed E-state index contributed by atoms with van der Waals surface area (Å²) in [5.74, 6) is -0.400. The minimum absolute atomic E-state index is 0.145. The van der Waals surface area contributed by atoms with Crippen LogP contribution >= 0.6 is 0 Å². The van der Waals surface area contributed by atoms with Gasteiger partial charge in [0.15, 0.2) is 0 Å². The molecule has 124 valence electrons. The molecule has 0 rings (SSSR count). The van der Waals surface area contributed by atoms with E-state index < -0.39 is 10.1 Å². The van der Waals surface area contributed by atoms with E-state index in [1.54, 1.807) is 0 Å². The van der Waals surface area contributed by atoms with Crippen molar-refractivity contribution in [2.75, 3.05) is 39.5 Å². The molecule has 0 aromatic carbocycles. The fraction of sp³-hybridized carbons (Fsp3) is 0.786. The van der Waals surface area contributed by atoms with Gasteiger partial charge in [-0.1, -0.05) is 13.0 Å². The Hall–Kier alpha value is -0.920. The third-order valence-corrected chi connectivity index (χ3v) is 4.12. The van der Waals surface area contributed by atoms with Crippen molar-refractivity contribution in [1.29, 1.82) is 0 Å². The van der Waals surface area contributed by atoms with Crippen LogP contribution in [0.2, 0.25) is 0 Å². The number of hydrogen-bond donors (Lipinski definition) is 1. The maximum atomic E-state index is 11.0. The van der Waals surface area contributed by atoms with Gasteiger partial charge >= 0.3 is 0 Å². The second kappa shape index (κ2) is 9.92. The highest BCUT2D eigenvalue weighted by atomic mass is 32.2. The largest absolute Gasteiger partial charge is 0.748 e. The summed E-state index contributed by atoms with van der Waals surface area (Å²) in [4.78, 5) is 11.0. The Bertz CT molecular complexity index is 419. The lowest BCUT2D eigenvalue weighted by atomic mass is 10.2. The van der Waals surface area contributed by atoms with E-state index in [1.165, 1.54) is 6.08 Å². The van der Waals surface area contributed by atoms with Crippen LogP contribution < -0.4 is 5.32 Å². The zero-order chi connectivity index (χ0) is 16.4. The molecule has 0 aromatic heterocycles. The molecule has 0 aliphatic rings. The van der Waals surface area contributed by atoms with Crippen LogP contribution in [0.3, 0.4) is 0 Å². The molecule has 0 unspecified atom stereocenters. The molecule has 6 nitrogen and oxygen atoms in total. The summed E-state index contributed by atoms with van der Waals surface area (Å²) in [6.45, 7) is 6.01. The molecule has 0 spiro atoms. The summed E-state index contributed by atoms with van der Waals surface area (Å²) in [5.41, 5.74) is 0. The van der Waals surface area contributed by atoms with E-state index in [1.807, 2.05) is 0 Å². The number of rotatable bonds is 12. The zero-order valence-electron chi connectivity index (χ0n) is 13.1. The van der Waals surface area contributed by atoms with Gasteiger partial charge in [0, 0.05) is 18.7 Å². The molecule has 0 heterocycles. The second-order valence-electron chi connectivity index (χ2n) is 5.91. The van der Waals surface area contributed by atoms with Crippen LogP contribution in [0.4, 0.5) is 0 Å². The predicted octanol–water partition coefficient (Wildman–Crippen LogP) is 0.861. The van der Waals surface area contributed by atoms with Gasteiger partial charge < -0.3 is 14.4 Å². The number of nitrogens with one attached hydrogen (secondary N) is 1. The zero-order valence-corrected chi connectivity index (χ0v) is 14.0. The maximum absolute atomic E-state index is 11.0. The molecule has 1 N–H and O–H groups in total. The van der Waals surface area contributed by atoms with Crippen molar-refractivity contribution in [3.05, 3.63) is 12.7 Å². The van der Waals surface area contributed by atoms with Crippen molar-refractivity contribution < 1.29 is 22.2 Å². The fourth-order valence-electron chi connectivity index (χ4n) is 2.07. The first-order chi connectivity index (χ1) is 9.66. The van der Waals surface area contributed by atoms with Crippen LogP contribution in [0.25, 0.3) is 0 Å². The molecule has 1 amide bonds. The molecule has 0 saturated carbocycles. The van der Waals surface area contributed by atoms with Crippen LogP contribution in [-0.4, -0.2) is 62.8 Å². The van der Waals surface area contributed by atoms with Gasteiger partial charge in [-0.2, -0.15) is 0 Å². The highest BCUT2D eigenvalue weighted by Crippen LogP contribution is 2.07. The summed E-state index contributed by atoms with van der Waals surface area (Å²) in [5, 5.41) is 2.75. The van der Waals surface area contributed by atoms with Gasteiger partial charge in [0.1, 0.15) is 0 Å². The molecular formula is C14H28N2O4S. The van der Waals surface area contributed by atoms with E-state index in [-0.39, 0.29) is 11.7 Å². The van der Waals surface area contributed by atoms with Crippen molar-refractivity contribution in [2.24, 2.45) is 0 Å². The molecule has 0 aliphatic carbocycles. The Morgan fingerprint density at radius 3 is 2.29 bits per heavy atom. The predicted molar refractivity (Wildman–Crippen MR) is 82.7 cm³/mol. The lowest BCUT2D eigenvalue weighted by Gasteiger charge is -2.30. The molecule has 0 bridgehead atoms. The first kappa shape index (κ1) is 20.1. The van der Waals surface area contributed by atoms with Crippen molar-refractivity contribution in [2.45, 2.75) is 32.1 Å². The van der Waals surface area contributed by atoms with Crippen molar-refractivity contribution >= 4 is 16.0 Å². The molecule has 0 radical (unpaired) electrons. The Labute approximate surface area is 128 Å². The maximum Gasteiger partial charge on any atom is 0.243 e. The Morgan fingerprint density at radius 2 is 1.71 bits per heavy atom. The van der Waals surface area contributed by atoms with Gasteiger partial charge in [0.05, 0.1) is 37.3 Å². The van der Waals surface area contributed by atoms with E-state index in [0.29, 0.717) is 13.0 Å². The van der Waals surface area contributed by atoms with E-state index in [9.17, 15) is 17.8 Å². The van der Waals surface area contributed by atoms with Crippen molar-refractivity contribution in [1.82, 2.24) is 5.32 Å². The number of carbonyl (C=O) groups is 1. The van der Waals surface area contributed by atoms with Gasteiger partial charge in [0.2, 0.25) is 5.91 Å². The SMILES string of the molecule is C=CC(=O)NCCC[N+](C)(C)CCCCCCS(=O)(=O)[O-]. The van der Waals surface area contributed by atoms with E-state index in [2.05, 4.69) is 26.0 Å². The van der Waals surface area contributed by atoms with E-state index >= 15 is 0 Å². The standard InChI is InChI=1S/C14H28N2O4S/c1-4-14(17)15-10-9-12-16(2,3)11-7-5-6-8-13-21(18,19)20/h4H,1,5-13H2,2-3H3,(H-,15,17,18,19,20). The molecule has 21 heavy (non-hydrogen) atoms. The molecule has 0 saturated heterocycles. The molecule has 0 atom stereocenters. The van der Waals surface area contributed by atoms with Gasteiger partial charge in [-0.05, 0) is 25.3 Å². The lowest BCUT2D eigenvalue weighted by molar-refractivity contribution is -0.890. The molecule has 0 fully saturated rings. The summed E-state index contributed by atoms with van der Waals surface area (Å²) in [7, 11) is 0.213. The van der Waals surface area contributed by atoms with Crippen LogP contribution in [0.15, 0.2) is 12.7 Å². The summed E-state index contributed by atoms with van der Waals surface area (Å²) in [6, 6.07) is 0. The first-order valence-corrected chi connectivity index (χ1v) is 8.90. The lowest BCUT2D eigenvalue weighted by Crippen LogP contribution is -2.42. The van der Waals surface area contributed by atoms with E-state index in [4.69, 9.17) is 0 Å². The number of hydrogen-bond acceptors (Lipinski definition) is 4. The monoisotopic (exact) mass is 320 g/mol. The Balaban J connectivity index is 3.63. The highest BCUT2D eigenvalue weighted by Gasteiger charge is 2.13. The number of unbranched alkanes of at least 4 members (excludes halogenated alkanes) is 3. The average molecular weight is 320 g/mol. The van der Waals surface area contributed by atoms with Crippen LogP contribution in [0.1, 0.15) is 32.1 Å². The summed E-state index contributed by atoms with van der Waals surface area (Å²) < 4.78 is 32.2. The quantitative estimate of drug-likeness (QED) is 0.250. The summed E-state index contributed by atoms with van der Waals surface area (Å²) >= 11 is 0. The molecule has 0 aromatic rings. The smallest absolute Gasteiger partial charge is 0.243 e. The minimum Gasteiger partial charge on any atom is -0.748 e. The van der Waals surface area contributed by atoms with Crippen molar-refractivity contribution in [3.63, 3.8) is 0 Å². The summed E-state index contributed by atoms with van der Waals surface area (Å²) in [6.07, 6.45) is 5.34. The third-order valence-electron chi connectivity index (χ3n) is 3.33. The highest BCUT2D eigenvalue weighted by molar-refractivity contribution is 7.85. The Kier molecular flexibility index (Phi) is 9.48. The first-order valence-electron chi connectivity index (χ1n) is 7.32. The number of nitrogens with zero attached hydrogens (tertiary/aromatic N) is 1. The second-order valence-corrected chi connectivity index (χ2v) is 7.43. The minimum atomic E-state index is -4.06. The molecular weight excluding hydrogens is 292 g/mol. The van der Waals surface area contributed by atoms with Gasteiger partial charge in [0.25, 0.3) is 0 Å². The van der Waals surface area contributed by atoms with Crippen LogP contribution in [0.5, 0.6) is 0 Å². The molecule has 0 aliphatic heterocycles. The Morgan fingerprint density at radius 1 is 1.14 bits per heavy atom. The third kappa shape index (κ3) is 13.8. The van der Waals surface area contributed by atoms with Crippen LogP contribution in [-0.2, 0) is 14.9 Å². The van der Waals surface area contributed by atoms with Crippen molar-refractivity contribution in [3.8, 4) is 0 Å². The van der Waals surface area contributed by atoms with E-state index in [0.717, 1.165) is 43.3 Å². The topological polar surface area (TPSA) is 86.3 Å². The fourth-order valence-corrected chi connectivity index (χ4v) is 2.63. The van der Waals surface area contributed by atoms with Gasteiger partial charge in [-0.15, -0.1) is 0 Å². The molecule has 7 heteroatoms.